The number of rotatable bonds is 10. The first-order valence-electron chi connectivity index (χ1n) is 7.65. The average Bonchev–Trinajstić information content (AvgIpc) is 2.97. The number of hydrogen-bond donors (Lipinski definition) is 2. The molecule has 0 aliphatic carbocycles. The van der Waals surface area contributed by atoms with Crippen LogP contribution in [0, 0.1) is 0 Å². The van der Waals surface area contributed by atoms with Gasteiger partial charge in [-0.15, -0.1) is 6.58 Å². The fraction of sp³-hybridized carbons (Fsp3) is 0.471. The van der Waals surface area contributed by atoms with Crippen molar-refractivity contribution < 1.29 is 28.8 Å². The van der Waals surface area contributed by atoms with Crippen LogP contribution in [0.5, 0.6) is 0 Å². The van der Waals surface area contributed by atoms with Crippen LogP contribution in [-0.4, -0.2) is 56.1 Å². The molecule has 132 valence electrons. The van der Waals surface area contributed by atoms with Crippen molar-refractivity contribution in [2.45, 2.75) is 31.0 Å². The number of amides is 1. The van der Waals surface area contributed by atoms with Crippen LogP contribution in [0.2, 0.25) is 0 Å². The molecule has 0 bridgehead atoms. The zero-order chi connectivity index (χ0) is 17.4. The molecule has 7 nitrogen and oxygen atoms in total. The highest BCUT2D eigenvalue weighted by atomic mass is 16.7. The van der Waals surface area contributed by atoms with Crippen LogP contribution in [0.1, 0.15) is 5.56 Å². The molecule has 1 fully saturated rings. The molecule has 0 saturated carbocycles. The number of carbonyl (C=O) groups is 1. The lowest BCUT2D eigenvalue weighted by molar-refractivity contribution is -0.137. The molecule has 1 aromatic rings. The van der Waals surface area contributed by atoms with E-state index >= 15 is 0 Å². The molecule has 0 aromatic heterocycles. The molecule has 1 aliphatic heterocycles. The summed E-state index contributed by atoms with van der Waals surface area (Å²) in [5.74, 6) is 0. The Hall–Kier alpha value is -1.93. The number of benzene rings is 1. The summed E-state index contributed by atoms with van der Waals surface area (Å²) in [7, 11) is 1.49. The van der Waals surface area contributed by atoms with Gasteiger partial charge in [0.2, 0.25) is 0 Å². The third kappa shape index (κ3) is 5.04. The topological polar surface area (TPSA) is 86.3 Å². The van der Waals surface area contributed by atoms with Crippen LogP contribution in [0.4, 0.5) is 4.79 Å². The first-order valence-corrected chi connectivity index (χ1v) is 7.65. The summed E-state index contributed by atoms with van der Waals surface area (Å²) in [6.45, 7) is 3.99. The normalized spacial score (nSPS) is 22.5. The lowest BCUT2D eigenvalue weighted by Crippen LogP contribution is -2.47. The number of hydrogen-bond acceptors (Lipinski definition) is 6. The van der Waals surface area contributed by atoms with Crippen LogP contribution >= 0.6 is 0 Å². The number of aliphatic hydroxyl groups is 1. The van der Waals surface area contributed by atoms with Crippen molar-refractivity contribution >= 4 is 6.09 Å². The maximum absolute atomic E-state index is 11.5. The summed E-state index contributed by atoms with van der Waals surface area (Å²) >= 11 is 0. The van der Waals surface area contributed by atoms with Gasteiger partial charge in [0.1, 0.15) is 19.0 Å². The standard InChI is InChI=1S/C17H23NO6/c1-3-13-15(24-17(20)18-13)16(14(19)10-22-11-21-2)23-9-12-7-5-4-6-8-12/h3-8,13-16,19H,1,9-11H2,2H3,(H,18,20)/t13-,14+,15-,16-/m1/s1. The molecule has 4 atom stereocenters. The van der Waals surface area contributed by atoms with E-state index in [2.05, 4.69) is 11.9 Å². The number of methoxy groups -OCH3 is 1. The molecular weight excluding hydrogens is 314 g/mol. The van der Waals surface area contributed by atoms with Gasteiger partial charge in [-0.3, -0.25) is 0 Å². The maximum atomic E-state index is 11.5. The van der Waals surface area contributed by atoms with Crippen molar-refractivity contribution in [2.75, 3.05) is 20.5 Å². The smallest absolute Gasteiger partial charge is 0.408 e. The Morgan fingerprint density at radius 3 is 2.83 bits per heavy atom. The second-order valence-corrected chi connectivity index (χ2v) is 5.38. The van der Waals surface area contributed by atoms with E-state index in [4.69, 9.17) is 18.9 Å². The molecule has 7 heteroatoms. The van der Waals surface area contributed by atoms with E-state index in [1.165, 1.54) is 7.11 Å². The summed E-state index contributed by atoms with van der Waals surface area (Å²) in [6.07, 6.45) is -1.48. The van der Waals surface area contributed by atoms with Gasteiger partial charge in [-0.2, -0.15) is 0 Å². The van der Waals surface area contributed by atoms with Crippen LogP contribution < -0.4 is 5.32 Å². The van der Waals surface area contributed by atoms with Gasteiger partial charge in [-0.05, 0) is 5.56 Å². The van der Waals surface area contributed by atoms with Gasteiger partial charge in [-0.1, -0.05) is 36.4 Å². The van der Waals surface area contributed by atoms with Gasteiger partial charge >= 0.3 is 6.09 Å². The zero-order valence-corrected chi connectivity index (χ0v) is 13.6. The van der Waals surface area contributed by atoms with Crippen molar-refractivity contribution in [2.24, 2.45) is 0 Å². The molecule has 1 amide bonds. The van der Waals surface area contributed by atoms with Gasteiger partial charge in [-0.25, -0.2) is 4.79 Å². The predicted molar refractivity (Wildman–Crippen MR) is 86.2 cm³/mol. The largest absolute Gasteiger partial charge is 0.441 e. The number of ether oxygens (including phenoxy) is 4. The second kappa shape index (κ2) is 9.39. The molecule has 1 heterocycles. The number of nitrogens with one attached hydrogen (secondary N) is 1. The predicted octanol–water partition coefficient (Wildman–Crippen LogP) is 1.22. The molecule has 1 aliphatic rings. The van der Waals surface area contributed by atoms with E-state index in [-0.39, 0.29) is 20.0 Å². The Balaban J connectivity index is 2.05. The van der Waals surface area contributed by atoms with E-state index in [1.54, 1.807) is 6.08 Å². The number of alkyl carbamates (subject to hydrolysis) is 1. The molecule has 1 saturated heterocycles. The lowest BCUT2D eigenvalue weighted by Gasteiger charge is -2.29. The minimum Gasteiger partial charge on any atom is -0.441 e. The number of carbonyl (C=O) groups excluding carboxylic acids is 1. The van der Waals surface area contributed by atoms with Gasteiger partial charge in [0.05, 0.1) is 19.3 Å². The first kappa shape index (κ1) is 18.4. The Morgan fingerprint density at radius 2 is 2.17 bits per heavy atom. The van der Waals surface area contributed by atoms with E-state index in [1.807, 2.05) is 30.3 Å². The Morgan fingerprint density at radius 1 is 1.42 bits per heavy atom. The highest BCUT2D eigenvalue weighted by Crippen LogP contribution is 2.21. The second-order valence-electron chi connectivity index (χ2n) is 5.38. The third-order valence-electron chi connectivity index (χ3n) is 3.61. The minimum atomic E-state index is -0.996. The highest BCUT2D eigenvalue weighted by molar-refractivity contribution is 5.70. The summed E-state index contributed by atoms with van der Waals surface area (Å²) in [5, 5.41) is 13.0. The Bertz CT molecular complexity index is 523. The molecule has 0 radical (unpaired) electrons. The van der Waals surface area contributed by atoms with Crippen molar-refractivity contribution in [1.29, 1.82) is 0 Å². The van der Waals surface area contributed by atoms with E-state index in [0.717, 1.165) is 5.56 Å². The maximum Gasteiger partial charge on any atom is 0.408 e. The molecule has 2 rings (SSSR count). The average molecular weight is 337 g/mol. The van der Waals surface area contributed by atoms with Gasteiger partial charge in [0.15, 0.2) is 6.10 Å². The Kier molecular flexibility index (Phi) is 7.20. The van der Waals surface area contributed by atoms with E-state index < -0.39 is 30.4 Å². The molecule has 0 unspecified atom stereocenters. The number of cyclic esters (lactones) is 1. The fourth-order valence-corrected chi connectivity index (χ4v) is 2.45. The summed E-state index contributed by atoms with van der Waals surface area (Å²) in [4.78, 5) is 11.5. The minimum absolute atomic E-state index is 0.00872. The van der Waals surface area contributed by atoms with Gasteiger partial charge in [0, 0.05) is 7.11 Å². The summed E-state index contributed by atoms with van der Waals surface area (Å²) < 4.78 is 21.1. The monoisotopic (exact) mass is 337 g/mol. The fourth-order valence-electron chi connectivity index (χ4n) is 2.45. The molecule has 1 aromatic carbocycles. The van der Waals surface area contributed by atoms with Crippen molar-refractivity contribution in [3.63, 3.8) is 0 Å². The molecule has 24 heavy (non-hydrogen) atoms. The lowest BCUT2D eigenvalue weighted by atomic mass is 10.0. The third-order valence-corrected chi connectivity index (χ3v) is 3.61. The van der Waals surface area contributed by atoms with Crippen molar-refractivity contribution in [3.8, 4) is 0 Å². The first-order chi connectivity index (χ1) is 11.7. The van der Waals surface area contributed by atoms with Crippen LogP contribution in [-0.2, 0) is 25.6 Å². The number of aliphatic hydroxyl groups excluding tert-OH is 1. The molecule has 2 N–H and O–H groups in total. The van der Waals surface area contributed by atoms with Crippen LogP contribution in [0.25, 0.3) is 0 Å². The van der Waals surface area contributed by atoms with Gasteiger partial charge < -0.3 is 29.4 Å². The van der Waals surface area contributed by atoms with Gasteiger partial charge in [0.25, 0.3) is 0 Å². The molecular formula is C17H23NO6. The van der Waals surface area contributed by atoms with Crippen molar-refractivity contribution in [1.82, 2.24) is 5.32 Å². The van der Waals surface area contributed by atoms with Crippen molar-refractivity contribution in [3.05, 3.63) is 48.6 Å². The van der Waals surface area contributed by atoms with E-state index in [0.29, 0.717) is 0 Å². The zero-order valence-electron chi connectivity index (χ0n) is 13.6. The summed E-state index contributed by atoms with van der Waals surface area (Å²) in [6, 6.07) is 9.08. The summed E-state index contributed by atoms with van der Waals surface area (Å²) in [5.41, 5.74) is 0.944. The SMILES string of the molecule is C=C[C@H]1NC(=O)O[C@H]1[C@H](OCc1ccccc1)[C@@H](O)COCOC. The van der Waals surface area contributed by atoms with Crippen LogP contribution in [0.3, 0.4) is 0 Å². The highest BCUT2D eigenvalue weighted by Gasteiger charge is 2.42. The van der Waals surface area contributed by atoms with Crippen LogP contribution in [0.15, 0.2) is 43.0 Å². The molecule has 0 spiro atoms. The van der Waals surface area contributed by atoms with E-state index in [9.17, 15) is 9.90 Å². The Labute approximate surface area is 141 Å². The quantitative estimate of drug-likeness (QED) is 0.379.